The molecule has 34 heavy (non-hydrogen) atoms. The maximum Gasteiger partial charge on any atom is 0.256 e. The number of benzene rings is 1. The molecule has 1 saturated heterocycles. The fraction of sp³-hybridized carbons (Fsp3) is 0.280. The minimum absolute atomic E-state index is 0.0614. The van der Waals surface area contributed by atoms with Crippen molar-refractivity contribution in [2.24, 2.45) is 0 Å². The summed E-state index contributed by atoms with van der Waals surface area (Å²) in [6.45, 7) is 4.53. The summed E-state index contributed by atoms with van der Waals surface area (Å²) in [7, 11) is 0. The molecule has 0 saturated carbocycles. The average Bonchev–Trinajstić information content (AvgIpc) is 3.59. The van der Waals surface area contributed by atoms with Gasteiger partial charge in [0.25, 0.3) is 5.91 Å². The van der Waals surface area contributed by atoms with E-state index >= 15 is 0 Å². The third-order valence-electron chi connectivity index (χ3n) is 6.05. The molecule has 0 radical (unpaired) electrons. The highest BCUT2D eigenvalue weighted by molar-refractivity contribution is 7.99. The maximum absolute atomic E-state index is 13.1. The van der Waals surface area contributed by atoms with E-state index < -0.39 is 0 Å². The highest BCUT2D eigenvalue weighted by atomic mass is 32.2. The molecule has 174 valence electrons. The number of rotatable bonds is 6. The smallest absolute Gasteiger partial charge is 0.256 e. The Labute approximate surface area is 205 Å². The van der Waals surface area contributed by atoms with Crippen LogP contribution in [0.3, 0.4) is 0 Å². The molecule has 0 spiro atoms. The molecule has 1 N–H and O–H groups in total. The molecule has 5 rings (SSSR count). The Bertz CT molecular complexity index is 1340. The van der Waals surface area contributed by atoms with E-state index in [0.29, 0.717) is 33.4 Å². The van der Waals surface area contributed by atoms with E-state index in [2.05, 4.69) is 21.4 Å². The first-order valence-corrected chi connectivity index (χ1v) is 13.0. The number of carbonyl (C=O) groups excluding carboxylic acids is 2. The van der Waals surface area contributed by atoms with Crippen LogP contribution >= 0.6 is 23.1 Å². The lowest BCUT2D eigenvalue weighted by molar-refractivity contribution is -0.129. The fourth-order valence-corrected chi connectivity index (χ4v) is 5.80. The molecule has 1 aliphatic heterocycles. The van der Waals surface area contributed by atoms with Gasteiger partial charge in [-0.25, -0.2) is 4.98 Å². The molecule has 9 heteroatoms. The lowest BCUT2D eigenvalue weighted by Crippen LogP contribution is -2.31. The highest BCUT2D eigenvalue weighted by Gasteiger charge is 2.30. The second-order valence-electron chi connectivity index (χ2n) is 8.19. The lowest BCUT2D eigenvalue weighted by atomic mass is 10.2. The third kappa shape index (κ3) is 4.45. The number of nitrogens with zero attached hydrogens (tertiary/aromatic N) is 3. The van der Waals surface area contributed by atoms with Crippen LogP contribution in [0.15, 0.2) is 57.4 Å². The molecule has 4 heterocycles. The number of thioether (sulfide) groups is 1. The molecule has 2 amide bonds. The van der Waals surface area contributed by atoms with Crippen LogP contribution in [0.25, 0.3) is 11.1 Å². The predicted octanol–water partition coefficient (Wildman–Crippen LogP) is 5.61. The second kappa shape index (κ2) is 9.60. The first-order chi connectivity index (χ1) is 16.5. The Morgan fingerprint density at radius 2 is 2.00 bits per heavy atom. The topological polar surface area (TPSA) is 88.3 Å². The Kier molecular flexibility index (Phi) is 6.38. The van der Waals surface area contributed by atoms with E-state index in [0.717, 1.165) is 24.9 Å². The number of aryl methyl sites for hydroxylation is 2. The van der Waals surface area contributed by atoms with Crippen LogP contribution in [-0.4, -0.2) is 39.0 Å². The molecule has 0 aliphatic carbocycles. The van der Waals surface area contributed by atoms with Gasteiger partial charge in [0.1, 0.15) is 11.6 Å². The van der Waals surface area contributed by atoms with E-state index in [1.807, 2.05) is 48.4 Å². The SMILES string of the molecule is Cc1oc2nc(SCC(=O)N3CCCC3c3cccs3)nc(NC(=O)c3ccccc3)c2c1C. The molecular weight excluding hydrogens is 468 g/mol. The third-order valence-corrected chi connectivity index (χ3v) is 7.85. The number of hydrogen-bond acceptors (Lipinski definition) is 7. The zero-order chi connectivity index (χ0) is 23.7. The zero-order valence-electron chi connectivity index (χ0n) is 18.9. The van der Waals surface area contributed by atoms with Gasteiger partial charge < -0.3 is 14.6 Å². The molecular formula is C25H24N4O3S2. The van der Waals surface area contributed by atoms with E-state index in [4.69, 9.17) is 4.42 Å². The number of likely N-dealkylation sites (tertiary alicyclic amines) is 1. The van der Waals surface area contributed by atoms with Gasteiger partial charge in [0, 0.05) is 22.5 Å². The van der Waals surface area contributed by atoms with Crippen LogP contribution in [-0.2, 0) is 4.79 Å². The first-order valence-electron chi connectivity index (χ1n) is 11.1. The number of hydrogen-bond donors (Lipinski definition) is 1. The van der Waals surface area contributed by atoms with Gasteiger partial charge in [-0.15, -0.1) is 11.3 Å². The van der Waals surface area contributed by atoms with Gasteiger partial charge in [-0.2, -0.15) is 4.98 Å². The van der Waals surface area contributed by atoms with Gasteiger partial charge in [-0.05, 0) is 50.3 Å². The van der Waals surface area contributed by atoms with Crippen LogP contribution in [0.4, 0.5) is 5.82 Å². The van der Waals surface area contributed by atoms with Crippen molar-refractivity contribution in [1.82, 2.24) is 14.9 Å². The number of thiophene rings is 1. The predicted molar refractivity (Wildman–Crippen MR) is 134 cm³/mol. The largest absolute Gasteiger partial charge is 0.443 e. The Morgan fingerprint density at radius 1 is 1.18 bits per heavy atom. The zero-order valence-corrected chi connectivity index (χ0v) is 20.5. The molecule has 1 atom stereocenters. The average molecular weight is 493 g/mol. The number of amides is 2. The first kappa shape index (κ1) is 22.6. The summed E-state index contributed by atoms with van der Waals surface area (Å²) in [4.78, 5) is 38.2. The van der Waals surface area contributed by atoms with Gasteiger partial charge in [0.2, 0.25) is 11.6 Å². The summed E-state index contributed by atoms with van der Waals surface area (Å²) in [5.41, 5.74) is 1.81. The van der Waals surface area contributed by atoms with Gasteiger partial charge in [-0.3, -0.25) is 9.59 Å². The van der Waals surface area contributed by atoms with Gasteiger partial charge in [0.05, 0.1) is 17.2 Å². The number of carbonyl (C=O) groups is 2. The van der Waals surface area contributed by atoms with Gasteiger partial charge in [-0.1, -0.05) is 36.0 Å². The molecule has 1 fully saturated rings. The monoisotopic (exact) mass is 492 g/mol. The fourth-order valence-electron chi connectivity index (χ4n) is 4.21. The highest BCUT2D eigenvalue weighted by Crippen LogP contribution is 2.36. The molecule has 7 nitrogen and oxygen atoms in total. The van der Waals surface area contributed by atoms with Crippen molar-refractivity contribution in [2.75, 3.05) is 17.6 Å². The van der Waals surface area contributed by atoms with Gasteiger partial charge >= 0.3 is 0 Å². The summed E-state index contributed by atoms with van der Waals surface area (Å²) in [6, 6.07) is 13.2. The molecule has 3 aromatic heterocycles. The van der Waals surface area contributed by atoms with E-state index in [1.54, 1.807) is 23.5 Å². The Balaban J connectivity index is 1.37. The van der Waals surface area contributed by atoms with Crippen LogP contribution in [0, 0.1) is 13.8 Å². The van der Waals surface area contributed by atoms with Crippen molar-refractivity contribution >= 4 is 51.8 Å². The van der Waals surface area contributed by atoms with E-state index in [-0.39, 0.29) is 23.6 Å². The van der Waals surface area contributed by atoms with Crippen LogP contribution in [0.1, 0.15) is 45.4 Å². The maximum atomic E-state index is 13.1. The number of fused-ring (bicyclic) bond motifs is 1. The lowest BCUT2D eigenvalue weighted by Gasteiger charge is -2.23. The Hall–Kier alpha value is -3.17. The van der Waals surface area contributed by atoms with Crippen LogP contribution in [0.5, 0.6) is 0 Å². The van der Waals surface area contributed by atoms with E-state index in [1.165, 1.54) is 16.6 Å². The van der Waals surface area contributed by atoms with E-state index in [9.17, 15) is 9.59 Å². The van der Waals surface area contributed by atoms with Crippen LogP contribution < -0.4 is 5.32 Å². The van der Waals surface area contributed by atoms with Crippen molar-refractivity contribution in [2.45, 2.75) is 37.9 Å². The summed E-state index contributed by atoms with van der Waals surface area (Å²) < 4.78 is 5.83. The van der Waals surface area contributed by atoms with Crippen molar-refractivity contribution in [1.29, 1.82) is 0 Å². The normalized spacial score (nSPS) is 15.7. The molecule has 4 aromatic rings. The molecule has 1 aromatic carbocycles. The van der Waals surface area contributed by atoms with Crippen molar-refractivity contribution in [3.05, 3.63) is 69.6 Å². The number of nitrogens with one attached hydrogen (secondary N) is 1. The van der Waals surface area contributed by atoms with Crippen molar-refractivity contribution in [3.8, 4) is 0 Å². The van der Waals surface area contributed by atoms with Crippen molar-refractivity contribution < 1.29 is 14.0 Å². The molecule has 1 unspecified atom stereocenters. The standard InChI is InChI=1S/C25H24N4O3S2/c1-15-16(2)32-24-21(15)22(26-23(31)17-8-4-3-5-9-17)27-25(28-24)34-14-20(30)29-12-6-10-18(29)19-11-7-13-33-19/h3-5,7-9,11,13,18H,6,10,12,14H2,1-2H3,(H,26,27,28,31). The quantitative estimate of drug-likeness (QED) is 0.278. The summed E-state index contributed by atoms with van der Waals surface area (Å²) in [6.07, 6.45) is 1.99. The summed E-state index contributed by atoms with van der Waals surface area (Å²) in [5.74, 6) is 1.13. The minimum Gasteiger partial charge on any atom is -0.443 e. The number of furan rings is 1. The Morgan fingerprint density at radius 3 is 2.76 bits per heavy atom. The van der Waals surface area contributed by atoms with Crippen LogP contribution in [0.2, 0.25) is 0 Å². The minimum atomic E-state index is -0.262. The molecule has 0 bridgehead atoms. The number of aromatic nitrogens is 2. The molecule has 1 aliphatic rings. The van der Waals surface area contributed by atoms with Crippen molar-refractivity contribution in [3.63, 3.8) is 0 Å². The number of anilines is 1. The van der Waals surface area contributed by atoms with Gasteiger partial charge in [0.15, 0.2) is 5.16 Å². The second-order valence-corrected chi connectivity index (χ2v) is 10.1. The summed E-state index contributed by atoms with van der Waals surface area (Å²) >= 11 is 2.95. The summed E-state index contributed by atoms with van der Waals surface area (Å²) in [5, 5.41) is 6.02.